The lowest BCUT2D eigenvalue weighted by atomic mass is 9.60. The lowest BCUT2D eigenvalue weighted by Crippen LogP contribution is -2.65. The number of nitrogens with one attached hydrogen (secondary N) is 1. The molecule has 0 spiro atoms. The predicted molar refractivity (Wildman–Crippen MR) is 106 cm³/mol. The smallest absolute Gasteiger partial charge is 0.133 e. The lowest BCUT2D eigenvalue weighted by molar-refractivity contribution is -0.0628. The molecule has 0 radical (unpaired) electrons. The maximum Gasteiger partial charge on any atom is 0.133 e. The molecule has 1 saturated carbocycles. The van der Waals surface area contributed by atoms with Crippen LogP contribution in [0.2, 0.25) is 10.0 Å². The Kier molecular flexibility index (Phi) is 3.90. The fourth-order valence-corrected chi connectivity index (χ4v) is 5.43. The quantitative estimate of drug-likeness (QED) is 0.606. The predicted octanol–water partition coefficient (Wildman–Crippen LogP) is 6.18. The fraction of sp³-hybridized carbons (Fsp3) is 0.429. The first-order valence-electron chi connectivity index (χ1n) is 8.90. The van der Waals surface area contributed by atoms with Crippen molar-refractivity contribution in [2.45, 2.75) is 56.6 Å². The summed E-state index contributed by atoms with van der Waals surface area (Å²) in [5, 5.41) is 15.7. The van der Waals surface area contributed by atoms with Crippen LogP contribution in [0.1, 0.15) is 45.6 Å². The van der Waals surface area contributed by atoms with Gasteiger partial charge in [0.05, 0.1) is 21.2 Å². The molecule has 1 aliphatic carbocycles. The second-order valence-electron chi connectivity index (χ2n) is 8.27. The van der Waals surface area contributed by atoms with Crippen molar-refractivity contribution >= 4 is 28.9 Å². The highest BCUT2D eigenvalue weighted by atomic mass is 35.5. The molecule has 2 N–H and O–H groups in total. The first kappa shape index (κ1) is 18.1. The van der Waals surface area contributed by atoms with E-state index in [0.717, 1.165) is 24.1 Å². The van der Waals surface area contributed by atoms with Crippen LogP contribution in [-0.2, 0) is 5.41 Å². The monoisotopic (exact) mass is 393 g/mol. The molecule has 1 aliphatic heterocycles. The Morgan fingerprint density at radius 3 is 2.54 bits per heavy atom. The normalized spacial score (nSPS) is 29.0. The minimum Gasteiger partial charge on any atom is -0.387 e. The lowest BCUT2D eigenvalue weighted by Gasteiger charge is -2.55. The first-order valence-corrected chi connectivity index (χ1v) is 9.65. The number of fused-ring (bicyclic) bond motifs is 3. The number of rotatable bonds is 1. The van der Waals surface area contributed by atoms with Crippen molar-refractivity contribution in [2.75, 3.05) is 5.32 Å². The SMILES string of the molecule is CC1(C)Nc2cc(F)c(-c3cccc(Cl)c3Cl)cc2C2(C)CCCC12O. The molecule has 0 amide bonds. The third kappa shape index (κ3) is 2.20. The van der Waals surface area contributed by atoms with E-state index in [-0.39, 0.29) is 5.82 Å². The van der Waals surface area contributed by atoms with Gasteiger partial charge in [0.1, 0.15) is 5.82 Å². The number of halogens is 3. The Morgan fingerprint density at radius 1 is 1.08 bits per heavy atom. The molecule has 2 aromatic rings. The van der Waals surface area contributed by atoms with Crippen LogP contribution in [0, 0.1) is 5.82 Å². The summed E-state index contributed by atoms with van der Waals surface area (Å²) in [5.74, 6) is -0.358. The van der Waals surface area contributed by atoms with Crippen molar-refractivity contribution in [3.8, 4) is 11.1 Å². The van der Waals surface area contributed by atoms with Gasteiger partial charge in [-0.2, -0.15) is 0 Å². The third-order valence-electron chi connectivity index (χ3n) is 6.55. The van der Waals surface area contributed by atoms with Gasteiger partial charge in [-0.05, 0) is 56.9 Å². The van der Waals surface area contributed by atoms with E-state index in [0.29, 0.717) is 27.6 Å². The molecule has 2 atom stereocenters. The molecule has 5 heteroatoms. The van der Waals surface area contributed by atoms with E-state index in [4.69, 9.17) is 23.2 Å². The van der Waals surface area contributed by atoms with E-state index in [1.54, 1.807) is 18.2 Å². The molecule has 26 heavy (non-hydrogen) atoms. The summed E-state index contributed by atoms with van der Waals surface area (Å²) in [6.45, 7) is 6.06. The van der Waals surface area contributed by atoms with Crippen LogP contribution < -0.4 is 5.32 Å². The van der Waals surface area contributed by atoms with Crippen molar-refractivity contribution < 1.29 is 9.50 Å². The van der Waals surface area contributed by atoms with E-state index >= 15 is 0 Å². The number of anilines is 1. The van der Waals surface area contributed by atoms with E-state index < -0.39 is 16.6 Å². The Morgan fingerprint density at radius 2 is 1.81 bits per heavy atom. The second-order valence-corrected chi connectivity index (χ2v) is 9.06. The molecule has 0 aromatic heterocycles. The average molecular weight is 394 g/mol. The highest BCUT2D eigenvalue weighted by Crippen LogP contribution is 2.59. The van der Waals surface area contributed by atoms with E-state index in [1.165, 1.54) is 6.07 Å². The second kappa shape index (κ2) is 5.60. The van der Waals surface area contributed by atoms with E-state index in [1.807, 2.05) is 19.9 Å². The highest BCUT2D eigenvalue weighted by molar-refractivity contribution is 6.43. The zero-order valence-corrected chi connectivity index (χ0v) is 16.6. The largest absolute Gasteiger partial charge is 0.387 e. The van der Waals surface area contributed by atoms with E-state index in [2.05, 4.69) is 12.2 Å². The molecule has 0 saturated heterocycles. The highest BCUT2D eigenvalue weighted by Gasteiger charge is 2.62. The van der Waals surface area contributed by atoms with Crippen LogP contribution in [0.4, 0.5) is 10.1 Å². The van der Waals surface area contributed by atoms with Crippen LogP contribution >= 0.6 is 23.2 Å². The van der Waals surface area contributed by atoms with Gasteiger partial charge in [0.25, 0.3) is 0 Å². The van der Waals surface area contributed by atoms with Gasteiger partial charge in [-0.15, -0.1) is 0 Å². The minimum absolute atomic E-state index is 0.337. The Balaban J connectivity index is 1.98. The first-order chi connectivity index (χ1) is 12.1. The molecule has 2 nitrogen and oxygen atoms in total. The Bertz CT molecular complexity index is 913. The maximum absolute atomic E-state index is 15.0. The Labute approximate surface area is 163 Å². The van der Waals surface area contributed by atoms with Crippen molar-refractivity contribution in [1.29, 1.82) is 0 Å². The molecule has 2 aromatic carbocycles. The summed E-state index contributed by atoms with van der Waals surface area (Å²) in [6, 6.07) is 8.57. The summed E-state index contributed by atoms with van der Waals surface area (Å²) in [5.41, 5.74) is 0.743. The molecular weight excluding hydrogens is 372 g/mol. The fourth-order valence-electron chi connectivity index (χ4n) is 5.03. The minimum atomic E-state index is -0.903. The zero-order chi connectivity index (χ0) is 18.9. The van der Waals surface area contributed by atoms with Crippen LogP contribution in [0.3, 0.4) is 0 Å². The summed E-state index contributed by atoms with van der Waals surface area (Å²) in [6.07, 6.45) is 2.51. The zero-order valence-electron chi connectivity index (χ0n) is 15.1. The van der Waals surface area contributed by atoms with Gasteiger partial charge in [-0.1, -0.05) is 42.3 Å². The van der Waals surface area contributed by atoms with Gasteiger partial charge in [-0.25, -0.2) is 4.39 Å². The van der Waals surface area contributed by atoms with E-state index in [9.17, 15) is 9.50 Å². The number of hydrogen-bond acceptors (Lipinski definition) is 2. The van der Waals surface area contributed by atoms with Gasteiger partial charge in [0, 0.05) is 22.2 Å². The molecule has 2 unspecified atom stereocenters. The number of benzene rings is 2. The number of hydrogen-bond donors (Lipinski definition) is 2. The van der Waals surface area contributed by atoms with Crippen LogP contribution in [0.15, 0.2) is 30.3 Å². The average Bonchev–Trinajstić information content (AvgIpc) is 2.88. The van der Waals surface area contributed by atoms with Gasteiger partial charge < -0.3 is 10.4 Å². The van der Waals surface area contributed by atoms with Crippen molar-refractivity contribution in [3.05, 3.63) is 51.8 Å². The molecular formula is C21H22Cl2FNO. The molecule has 138 valence electrons. The van der Waals surface area contributed by atoms with Crippen molar-refractivity contribution in [1.82, 2.24) is 0 Å². The molecule has 4 rings (SSSR count). The topological polar surface area (TPSA) is 32.3 Å². The molecule has 1 heterocycles. The third-order valence-corrected chi connectivity index (χ3v) is 7.37. The summed E-state index contributed by atoms with van der Waals surface area (Å²) in [7, 11) is 0. The molecule has 2 aliphatic rings. The maximum atomic E-state index is 15.0. The molecule has 1 fully saturated rings. The summed E-state index contributed by atoms with van der Waals surface area (Å²) >= 11 is 12.5. The summed E-state index contributed by atoms with van der Waals surface area (Å²) < 4.78 is 15.0. The van der Waals surface area contributed by atoms with Crippen LogP contribution in [-0.4, -0.2) is 16.2 Å². The number of aliphatic hydroxyl groups is 1. The van der Waals surface area contributed by atoms with Gasteiger partial charge in [-0.3, -0.25) is 0 Å². The van der Waals surface area contributed by atoms with Gasteiger partial charge >= 0.3 is 0 Å². The van der Waals surface area contributed by atoms with Crippen molar-refractivity contribution in [2.24, 2.45) is 0 Å². The van der Waals surface area contributed by atoms with Gasteiger partial charge in [0.15, 0.2) is 0 Å². The molecule has 0 bridgehead atoms. The van der Waals surface area contributed by atoms with Gasteiger partial charge in [0.2, 0.25) is 0 Å². The van der Waals surface area contributed by atoms with Crippen LogP contribution in [0.25, 0.3) is 11.1 Å². The standard InChI is InChI=1S/C21H22Cl2FNO/c1-19(2)21(26)9-5-8-20(21,3)14-10-13(16(24)11-17(14)25-19)12-6-4-7-15(22)18(12)23/h4,6-7,10-11,25-26H,5,8-9H2,1-3H3. The van der Waals surface area contributed by atoms with Crippen molar-refractivity contribution in [3.63, 3.8) is 0 Å². The summed E-state index contributed by atoms with van der Waals surface area (Å²) in [4.78, 5) is 0. The van der Waals surface area contributed by atoms with Crippen LogP contribution in [0.5, 0.6) is 0 Å². The Hall–Kier alpha value is -1.29.